The number of hydrogen-bond donors (Lipinski definition) is 2. The molecule has 0 saturated carbocycles. The number of H-pyrrole nitrogens is 1. The van der Waals surface area contributed by atoms with Crippen molar-refractivity contribution < 1.29 is 0 Å². The number of aromatic nitrogens is 2. The van der Waals surface area contributed by atoms with Gasteiger partial charge in [-0.1, -0.05) is 6.08 Å². The van der Waals surface area contributed by atoms with Crippen LogP contribution in [0.3, 0.4) is 0 Å². The first-order valence-corrected chi connectivity index (χ1v) is 3.81. The maximum Gasteiger partial charge on any atom is 0.0919 e. The molecule has 3 heteroatoms. The maximum atomic E-state index is 3.67. The van der Waals surface area contributed by atoms with Gasteiger partial charge in [0.15, 0.2) is 0 Å². The average molecular weight is 151 g/mol. The second-order valence-electron chi connectivity index (χ2n) is 2.26. The number of aromatic amines is 1. The van der Waals surface area contributed by atoms with E-state index in [1.54, 1.807) is 18.7 Å². The van der Waals surface area contributed by atoms with Gasteiger partial charge in [0.1, 0.15) is 0 Å². The second kappa shape index (κ2) is 5.53. The largest absolute Gasteiger partial charge is 0.391 e. The van der Waals surface area contributed by atoms with Crippen molar-refractivity contribution in [2.45, 2.75) is 12.8 Å². The molecular formula is C8H13N3. The molecular weight excluding hydrogens is 138 g/mol. The van der Waals surface area contributed by atoms with Crippen LogP contribution in [0, 0.1) is 0 Å². The van der Waals surface area contributed by atoms with Crippen molar-refractivity contribution in [3.63, 3.8) is 0 Å². The minimum Gasteiger partial charge on any atom is -0.391 e. The number of imidazole rings is 1. The predicted molar refractivity (Wildman–Crippen MR) is 45.0 cm³/mol. The van der Waals surface area contributed by atoms with Crippen molar-refractivity contribution in [1.82, 2.24) is 15.3 Å². The molecule has 1 aromatic heterocycles. The summed E-state index contributed by atoms with van der Waals surface area (Å²) in [4.78, 5) is 6.42. The summed E-state index contributed by atoms with van der Waals surface area (Å²) in [5.41, 5.74) is 0. The van der Waals surface area contributed by atoms with Gasteiger partial charge in [0.2, 0.25) is 0 Å². The first-order chi connectivity index (χ1) is 5.50. The van der Waals surface area contributed by atoms with Gasteiger partial charge in [-0.3, -0.25) is 0 Å². The molecule has 2 heterocycles. The fourth-order valence-electron chi connectivity index (χ4n) is 0.787. The number of nitrogens with zero attached hydrogens (tertiary/aromatic N) is 1. The third-order valence-corrected chi connectivity index (χ3v) is 1.33. The van der Waals surface area contributed by atoms with Crippen molar-refractivity contribution >= 4 is 0 Å². The van der Waals surface area contributed by atoms with Gasteiger partial charge in [0.25, 0.3) is 0 Å². The van der Waals surface area contributed by atoms with Crippen LogP contribution in [0.2, 0.25) is 0 Å². The molecule has 0 radical (unpaired) electrons. The Balaban J connectivity index is 0.000000112. The molecule has 0 bridgehead atoms. The van der Waals surface area contributed by atoms with E-state index in [1.165, 1.54) is 12.8 Å². The molecule has 0 fully saturated rings. The SMILES string of the molecule is C1=CNCCC1.c1c[nH]cn1. The molecule has 1 aromatic rings. The molecule has 0 aliphatic carbocycles. The van der Waals surface area contributed by atoms with E-state index < -0.39 is 0 Å². The van der Waals surface area contributed by atoms with Gasteiger partial charge in [-0.15, -0.1) is 0 Å². The Bertz CT molecular complexity index is 154. The molecule has 2 N–H and O–H groups in total. The lowest BCUT2D eigenvalue weighted by molar-refractivity contribution is 0.728. The summed E-state index contributed by atoms with van der Waals surface area (Å²) in [6.45, 7) is 1.16. The molecule has 0 aromatic carbocycles. The van der Waals surface area contributed by atoms with Crippen LogP contribution in [0.1, 0.15) is 12.8 Å². The van der Waals surface area contributed by atoms with Gasteiger partial charge in [-0.25, -0.2) is 4.98 Å². The lowest BCUT2D eigenvalue weighted by atomic mass is 10.2. The van der Waals surface area contributed by atoms with Gasteiger partial charge >= 0.3 is 0 Å². The lowest BCUT2D eigenvalue weighted by Crippen LogP contribution is -2.09. The third kappa shape index (κ3) is 4.19. The summed E-state index contributed by atoms with van der Waals surface area (Å²) < 4.78 is 0. The van der Waals surface area contributed by atoms with E-state index >= 15 is 0 Å². The summed E-state index contributed by atoms with van der Waals surface area (Å²) >= 11 is 0. The van der Waals surface area contributed by atoms with Crippen molar-refractivity contribution in [2.75, 3.05) is 6.54 Å². The molecule has 2 rings (SSSR count). The standard InChI is InChI=1S/C5H9N.C3H4N2/c1-2-4-6-5-3-1;1-2-5-3-4-1/h2,4,6H,1,3,5H2;1-3H,(H,4,5). The first kappa shape index (κ1) is 7.85. The monoisotopic (exact) mass is 151 g/mol. The molecule has 0 spiro atoms. The molecule has 0 unspecified atom stereocenters. The van der Waals surface area contributed by atoms with E-state index in [4.69, 9.17) is 0 Å². The van der Waals surface area contributed by atoms with Crippen LogP contribution in [0.4, 0.5) is 0 Å². The van der Waals surface area contributed by atoms with E-state index in [9.17, 15) is 0 Å². The Hall–Kier alpha value is -1.25. The van der Waals surface area contributed by atoms with Gasteiger partial charge in [0, 0.05) is 18.9 Å². The van der Waals surface area contributed by atoms with Crippen LogP contribution >= 0.6 is 0 Å². The quantitative estimate of drug-likeness (QED) is 0.586. The zero-order chi connectivity index (χ0) is 7.78. The second-order valence-corrected chi connectivity index (χ2v) is 2.26. The summed E-state index contributed by atoms with van der Waals surface area (Å²) in [6.07, 6.45) is 11.8. The highest BCUT2D eigenvalue weighted by Crippen LogP contribution is 1.91. The van der Waals surface area contributed by atoms with E-state index in [0.29, 0.717) is 0 Å². The summed E-state index contributed by atoms with van der Waals surface area (Å²) in [6, 6.07) is 0. The maximum absolute atomic E-state index is 3.67. The molecule has 1 aliphatic rings. The van der Waals surface area contributed by atoms with Crippen LogP contribution in [0.15, 0.2) is 31.0 Å². The number of rotatable bonds is 0. The highest BCUT2D eigenvalue weighted by atomic mass is 14.8. The van der Waals surface area contributed by atoms with E-state index in [0.717, 1.165) is 6.54 Å². The predicted octanol–water partition coefficient (Wildman–Crippen LogP) is 1.29. The fourth-order valence-corrected chi connectivity index (χ4v) is 0.787. The van der Waals surface area contributed by atoms with Crippen molar-refractivity contribution in [1.29, 1.82) is 0 Å². The average Bonchev–Trinajstić information content (AvgIpc) is 2.64. The molecule has 1 aliphatic heterocycles. The smallest absolute Gasteiger partial charge is 0.0919 e. The third-order valence-electron chi connectivity index (χ3n) is 1.33. The highest BCUT2D eigenvalue weighted by molar-refractivity contribution is 4.83. The van der Waals surface area contributed by atoms with Crippen molar-refractivity contribution in [3.05, 3.63) is 31.0 Å². The lowest BCUT2D eigenvalue weighted by Gasteiger charge is -2.02. The number of hydrogen-bond acceptors (Lipinski definition) is 2. The summed E-state index contributed by atoms with van der Waals surface area (Å²) in [5, 5.41) is 3.10. The summed E-state index contributed by atoms with van der Waals surface area (Å²) in [7, 11) is 0. The Morgan fingerprint density at radius 1 is 1.36 bits per heavy atom. The Morgan fingerprint density at radius 3 is 2.55 bits per heavy atom. The summed E-state index contributed by atoms with van der Waals surface area (Å²) in [5.74, 6) is 0. The van der Waals surface area contributed by atoms with E-state index in [-0.39, 0.29) is 0 Å². The molecule has 0 atom stereocenters. The van der Waals surface area contributed by atoms with Gasteiger partial charge < -0.3 is 10.3 Å². The van der Waals surface area contributed by atoms with Crippen LogP contribution in [-0.4, -0.2) is 16.5 Å². The zero-order valence-electron chi connectivity index (χ0n) is 6.46. The van der Waals surface area contributed by atoms with Crippen molar-refractivity contribution in [2.24, 2.45) is 0 Å². The molecule has 0 saturated heterocycles. The van der Waals surface area contributed by atoms with E-state index in [1.807, 2.05) is 6.20 Å². The zero-order valence-corrected chi connectivity index (χ0v) is 6.46. The minimum atomic E-state index is 1.16. The number of allylic oxidation sites excluding steroid dienone is 1. The van der Waals surface area contributed by atoms with E-state index in [2.05, 4.69) is 21.4 Å². The fraction of sp³-hybridized carbons (Fsp3) is 0.375. The molecule has 11 heavy (non-hydrogen) atoms. The van der Waals surface area contributed by atoms with Gasteiger partial charge in [-0.05, 0) is 19.0 Å². The van der Waals surface area contributed by atoms with Crippen molar-refractivity contribution in [3.8, 4) is 0 Å². The molecule has 60 valence electrons. The van der Waals surface area contributed by atoms with Crippen LogP contribution in [0.25, 0.3) is 0 Å². The first-order valence-electron chi connectivity index (χ1n) is 3.81. The number of nitrogens with one attached hydrogen (secondary N) is 2. The Labute approximate surface area is 66.5 Å². The van der Waals surface area contributed by atoms with Crippen LogP contribution in [-0.2, 0) is 0 Å². The van der Waals surface area contributed by atoms with Crippen LogP contribution < -0.4 is 5.32 Å². The molecule has 0 amide bonds. The van der Waals surface area contributed by atoms with Gasteiger partial charge in [0.05, 0.1) is 6.33 Å². The molecule has 3 nitrogen and oxygen atoms in total. The highest BCUT2D eigenvalue weighted by Gasteiger charge is 1.84. The van der Waals surface area contributed by atoms with Crippen LogP contribution in [0.5, 0.6) is 0 Å². The Morgan fingerprint density at radius 2 is 2.36 bits per heavy atom. The van der Waals surface area contributed by atoms with Gasteiger partial charge in [-0.2, -0.15) is 0 Å². The Kier molecular flexibility index (Phi) is 3.95. The normalized spacial score (nSPS) is 14.5. The topological polar surface area (TPSA) is 40.7 Å². The minimum absolute atomic E-state index is 1.16.